The molecule has 1 aromatic carbocycles. The van der Waals surface area contributed by atoms with Crippen molar-refractivity contribution >= 4 is 16.8 Å². The fourth-order valence-corrected chi connectivity index (χ4v) is 3.13. The molecule has 1 aromatic heterocycles. The Kier molecular flexibility index (Phi) is 5.60. The van der Waals surface area contributed by atoms with Gasteiger partial charge >= 0.3 is 0 Å². The number of nitrogens with zero attached hydrogens (tertiary/aromatic N) is 3. The Morgan fingerprint density at radius 3 is 2.84 bits per heavy atom. The fourth-order valence-electron chi connectivity index (χ4n) is 3.13. The molecule has 0 radical (unpaired) electrons. The van der Waals surface area contributed by atoms with Crippen molar-refractivity contribution in [3.8, 4) is 0 Å². The smallest absolute Gasteiger partial charge is 0.261 e. The fraction of sp³-hybridized carbons (Fsp3) is 0.421. The Morgan fingerprint density at radius 1 is 1.32 bits per heavy atom. The lowest BCUT2D eigenvalue weighted by Crippen LogP contribution is -2.42. The van der Waals surface area contributed by atoms with E-state index in [2.05, 4.69) is 11.6 Å². The summed E-state index contributed by atoms with van der Waals surface area (Å²) in [5.41, 5.74) is 0.475. The van der Waals surface area contributed by atoms with Gasteiger partial charge in [-0.2, -0.15) is 0 Å². The van der Waals surface area contributed by atoms with Crippen molar-refractivity contribution in [3.63, 3.8) is 0 Å². The highest BCUT2D eigenvalue weighted by Crippen LogP contribution is 2.18. The predicted molar refractivity (Wildman–Crippen MR) is 96.3 cm³/mol. The first-order chi connectivity index (χ1) is 12.2. The van der Waals surface area contributed by atoms with Crippen LogP contribution in [0.1, 0.15) is 12.8 Å². The monoisotopic (exact) mass is 341 g/mol. The highest BCUT2D eigenvalue weighted by molar-refractivity contribution is 5.79. The van der Waals surface area contributed by atoms with Crippen LogP contribution in [-0.4, -0.2) is 46.7 Å². The third-order valence-electron chi connectivity index (χ3n) is 4.59. The van der Waals surface area contributed by atoms with Crippen molar-refractivity contribution in [2.24, 2.45) is 5.92 Å². The van der Waals surface area contributed by atoms with Gasteiger partial charge in [-0.3, -0.25) is 14.2 Å². The van der Waals surface area contributed by atoms with Gasteiger partial charge in [0.05, 0.1) is 23.8 Å². The van der Waals surface area contributed by atoms with Crippen LogP contribution in [0.25, 0.3) is 10.9 Å². The third kappa shape index (κ3) is 4.14. The number of ether oxygens (including phenoxy) is 1. The van der Waals surface area contributed by atoms with Gasteiger partial charge in [0.25, 0.3) is 5.56 Å². The summed E-state index contributed by atoms with van der Waals surface area (Å²) in [6, 6.07) is 7.17. The summed E-state index contributed by atoms with van der Waals surface area (Å²) in [5, 5.41) is 0.538. The predicted octanol–water partition coefficient (Wildman–Crippen LogP) is 1.84. The highest BCUT2D eigenvalue weighted by Gasteiger charge is 2.23. The molecule has 1 aliphatic rings. The van der Waals surface area contributed by atoms with Crippen molar-refractivity contribution in [2.45, 2.75) is 19.4 Å². The first-order valence-corrected chi connectivity index (χ1v) is 8.59. The molecule has 6 nitrogen and oxygen atoms in total. The molecule has 3 rings (SSSR count). The number of piperidine rings is 1. The lowest BCUT2D eigenvalue weighted by molar-refractivity contribution is -0.133. The van der Waals surface area contributed by atoms with E-state index in [1.54, 1.807) is 24.3 Å². The lowest BCUT2D eigenvalue weighted by Gasteiger charge is -2.32. The Hall–Kier alpha value is -2.47. The molecule has 0 spiro atoms. The maximum Gasteiger partial charge on any atom is 0.261 e. The van der Waals surface area contributed by atoms with Crippen LogP contribution in [0.3, 0.4) is 0 Å². The van der Waals surface area contributed by atoms with E-state index in [1.165, 1.54) is 10.9 Å². The molecule has 6 heteroatoms. The maximum atomic E-state index is 12.5. The van der Waals surface area contributed by atoms with Gasteiger partial charge in [-0.1, -0.05) is 18.2 Å². The summed E-state index contributed by atoms with van der Waals surface area (Å²) in [7, 11) is 0. The van der Waals surface area contributed by atoms with E-state index < -0.39 is 0 Å². The van der Waals surface area contributed by atoms with Crippen molar-refractivity contribution in [2.75, 3.05) is 26.3 Å². The Morgan fingerprint density at radius 2 is 2.08 bits per heavy atom. The summed E-state index contributed by atoms with van der Waals surface area (Å²) in [6.45, 7) is 6.36. The molecule has 1 saturated heterocycles. The molecule has 2 heterocycles. The maximum absolute atomic E-state index is 12.5. The van der Waals surface area contributed by atoms with Crippen LogP contribution in [0.2, 0.25) is 0 Å². The molecule has 132 valence electrons. The zero-order chi connectivity index (χ0) is 17.6. The van der Waals surface area contributed by atoms with Crippen LogP contribution < -0.4 is 5.56 Å². The molecule has 0 atom stereocenters. The van der Waals surface area contributed by atoms with Crippen LogP contribution in [0, 0.1) is 5.92 Å². The van der Waals surface area contributed by atoms with Gasteiger partial charge in [-0.25, -0.2) is 4.98 Å². The molecule has 0 N–H and O–H groups in total. The highest BCUT2D eigenvalue weighted by atomic mass is 16.5. The van der Waals surface area contributed by atoms with Crippen LogP contribution >= 0.6 is 0 Å². The van der Waals surface area contributed by atoms with Crippen LogP contribution in [-0.2, 0) is 16.1 Å². The molecule has 0 unspecified atom stereocenters. The van der Waals surface area contributed by atoms with E-state index in [0.29, 0.717) is 43.1 Å². The van der Waals surface area contributed by atoms with E-state index in [4.69, 9.17) is 4.74 Å². The molecular weight excluding hydrogens is 318 g/mol. The molecular formula is C19H23N3O3. The molecule has 0 aliphatic carbocycles. The van der Waals surface area contributed by atoms with E-state index in [1.807, 2.05) is 11.0 Å². The number of amides is 1. The zero-order valence-electron chi connectivity index (χ0n) is 14.3. The molecule has 1 fully saturated rings. The summed E-state index contributed by atoms with van der Waals surface area (Å²) in [4.78, 5) is 31.1. The summed E-state index contributed by atoms with van der Waals surface area (Å²) >= 11 is 0. The second-order valence-electron chi connectivity index (χ2n) is 6.35. The van der Waals surface area contributed by atoms with Crippen molar-refractivity contribution in [1.82, 2.24) is 14.5 Å². The van der Waals surface area contributed by atoms with Gasteiger partial charge in [-0.15, -0.1) is 6.58 Å². The number of carbonyl (C=O) groups is 1. The molecule has 25 heavy (non-hydrogen) atoms. The van der Waals surface area contributed by atoms with Gasteiger partial charge in [-0.05, 0) is 30.9 Å². The van der Waals surface area contributed by atoms with Crippen molar-refractivity contribution < 1.29 is 9.53 Å². The van der Waals surface area contributed by atoms with E-state index in [9.17, 15) is 9.59 Å². The van der Waals surface area contributed by atoms with Crippen LogP contribution in [0.15, 0.2) is 48.0 Å². The van der Waals surface area contributed by atoms with Gasteiger partial charge in [0.1, 0.15) is 6.54 Å². The summed E-state index contributed by atoms with van der Waals surface area (Å²) in [6.07, 6.45) is 5.05. The molecule has 2 aromatic rings. The average Bonchev–Trinajstić information content (AvgIpc) is 2.65. The zero-order valence-corrected chi connectivity index (χ0v) is 14.3. The standard InChI is InChI=1S/C19H23N3O3/c1-2-11-25-13-15-7-9-21(10-8-15)18(23)12-22-14-20-17-6-4-3-5-16(17)19(22)24/h2-6,14-15H,1,7-13H2. The first-order valence-electron chi connectivity index (χ1n) is 8.59. The minimum absolute atomic E-state index is 0.0360. The Bertz CT molecular complexity index is 807. The van der Waals surface area contributed by atoms with E-state index >= 15 is 0 Å². The molecule has 0 saturated carbocycles. The molecule has 1 aliphatic heterocycles. The van der Waals surface area contributed by atoms with Gasteiger partial charge in [0.2, 0.25) is 5.91 Å². The van der Waals surface area contributed by atoms with Crippen LogP contribution in [0.5, 0.6) is 0 Å². The minimum Gasteiger partial charge on any atom is -0.377 e. The number of likely N-dealkylation sites (tertiary alicyclic amines) is 1. The lowest BCUT2D eigenvalue weighted by atomic mass is 9.98. The third-order valence-corrected chi connectivity index (χ3v) is 4.59. The van der Waals surface area contributed by atoms with Crippen molar-refractivity contribution in [3.05, 3.63) is 53.6 Å². The Balaban J connectivity index is 1.59. The second kappa shape index (κ2) is 8.07. The van der Waals surface area contributed by atoms with Gasteiger partial charge < -0.3 is 9.64 Å². The largest absolute Gasteiger partial charge is 0.377 e. The number of aromatic nitrogens is 2. The Labute approximate surface area is 146 Å². The first kappa shape index (κ1) is 17.4. The molecule has 1 amide bonds. The minimum atomic E-state index is -0.174. The number of hydrogen-bond donors (Lipinski definition) is 0. The number of benzene rings is 1. The SMILES string of the molecule is C=CCOCC1CCN(C(=O)Cn2cnc3ccccc3c2=O)CC1. The van der Waals surface area contributed by atoms with Gasteiger partial charge in [0.15, 0.2) is 0 Å². The number of hydrogen-bond acceptors (Lipinski definition) is 4. The number of para-hydroxylation sites is 1. The summed E-state index contributed by atoms with van der Waals surface area (Å²) < 4.78 is 6.89. The van der Waals surface area contributed by atoms with E-state index in [0.717, 1.165) is 12.8 Å². The van der Waals surface area contributed by atoms with Gasteiger partial charge in [0, 0.05) is 19.7 Å². The molecule has 0 bridgehead atoms. The quantitative estimate of drug-likeness (QED) is 0.594. The van der Waals surface area contributed by atoms with Crippen LogP contribution in [0.4, 0.5) is 0 Å². The normalized spacial score (nSPS) is 15.4. The summed E-state index contributed by atoms with van der Waals surface area (Å²) in [5.74, 6) is 0.443. The average molecular weight is 341 g/mol. The topological polar surface area (TPSA) is 64.4 Å². The van der Waals surface area contributed by atoms with Crippen molar-refractivity contribution in [1.29, 1.82) is 0 Å². The number of fused-ring (bicyclic) bond motifs is 1. The number of carbonyl (C=O) groups excluding carboxylic acids is 1. The number of rotatable bonds is 6. The van der Waals surface area contributed by atoms with E-state index in [-0.39, 0.29) is 18.0 Å². The second-order valence-corrected chi connectivity index (χ2v) is 6.35.